The second-order valence-corrected chi connectivity index (χ2v) is 5.46. The predicted octanol–water partition coefficient (Wildman–Crippen LogP) is 3.13. The van der Waals surface area contributed by atoms with Crippen molar-refractivity contribution in [2.45, 2.75) is 45.1 Å². The van der Waals surface area contributed by atoms with Gasteiger partial charge in [0.1, 0.15) is 0 Å². The molecule has 1 unspecified atom stereocenters. The lowest BCUT2D eigenvalue weighted by Gasteiger charge is -2.28. The molecule has 0 saturated carbocycles. The third kappa shape index (κ3) is 1.86. The Morgan fingerprint density at radius 3 is 2.93 bits per heavy atom. The molecule has 0 aromatic carbocycles. The van der Waals surface area contributed by atoms with Gasteiger partial charge in [-0.25, -0.2) is 0 Å². The lowest BCUT2D eigenvalue weighted by Crippen LogP contribution is -2.41. The molecular weight excluding hydrogens is 190 g/mol. The van der Waals surface area contributed by atoms with Gasteiger partial charge in [0.05, 0.1) is 0 Å². The van der Waals surface area contributed by atoms with Crippen molar-refractivity contribution < 1.29 is 0 Å². The molecule has 2 heteroatoms. The van der Waals surface area contributed by atoms with Crippen LogP contribution in [0.5, 0.6) is 0 Å². The van der Waals surface area contributed by atoms with E-state index >= 15 is 0 Å². The minimum absolute atomic E-state index is 0.409. The van der Waals surface area contributed by atoms with Gasteiger partial charge in [0.15, 0.2) is 0 Å². The minimum atomic E-state index is 0.409. The Kier molecular flexibility index (Phi) is 2.93. The van der Waals surface area contributed by atoms with Crippen LogP contribution in [0.3, 0.4) is 0 Å². The highest BCUT2D eigenvalue weighted by molar-refractivity contribution is 7.10. The summed E-state index contributed by atoms with van der Waals surface area (Å²) in [6.45, 7) is 5.75. The number of rotatable bonds is 3. The van der Waals surface area contributed by atoms with Crippen LogP contribution in [0, 0.1) is 6.92 Å². The third-order valence-electron chi connectivity index (χ3n) is 3.50. The monoisotopic (exact) mass is 209 g/mol. The maximum atomic E-state index is 3.69. The summed E-state index contributed by atoms with van der Waals surface area (Å²) in [7, 11) is 0. The Bertz CT molecular complexity index is 297. The van der Waals surface area contributed by atoms with E-state index in [2.05, 4.69) is 30.6 Å². The van der Waals surface area contributed by atoms with Crippen LogP contribution in [0.4, 0.5) is 0 Å². The van der Waals surface area contributed by atoms with E-state index in [1.54, 1.807) is 5.56 Å². The molecule has 1 aliphatic heterocycles. The van der Waals surface area contributed by atoms with Crippen molar-refractivity contribution in [3.8, 4) is 0 Å². The Balaban J connectivity index is 2.12. The lowest BCUT2D eigenvalue weighted by molar-refractivity contribution is 0.360. The molecular formula is C12H19NS. The van der Waals surface area contributed by atoms with Gasteiger partial charge in [-0.1, -0.05) is 6.92 Å². The van der Waals surface area contributed by atoms with E-state index < -0.39 is 0 Å². The summed E-state index contributed by atoms with van der Waals surface area (Å²) in [5.41, 5.74) is 1.96. The van der Waals surface area contributed by atoms with Gasteiger partial charge in [-0.15, -0.1) is 11.3 Å². The molecule has 0 aliphatic carbocycles. The Labute approximate surface area is 90.5 Å². The van der Waals surface area contributed by atoms with Crippen molar-refractivity contribution in [2.75, 3.05) is 6.54 Å². The second-order valence-electron chi connectivity index (χ2n) is 4.34. The van der Waals surface area contributed by atoms with E-state index in [4.69, 9.17) is 0 Å². The van der Waals surface area contributed by atoms with Crippen molar-refractivity contribution in [1.82, 2.24) is 5.32 Å². The normalized spacial score (nSPS) is 27.0. The van der Waals surface area contributed by atoms with Gasteiger partial charge >= 0.3 is 0 Å². The number of aryl methyl sites for hydroxylation is 1. The van der Waals surface area contributed by atoms with Gasteiger partial charge in [-0.05, 0) is 56.2 Å². The highest BCUT2D eigenvalue weighted by atomic mass is 32.1. The Morgan fingerprint density at radius 2 is 2.43 bits per heavy atom. The molecule has 2 rings (SSSR count). The fourth-order valence-corrected chi connectivity index (χ4v) is 3.13. The highest BCUT2D eigenvalue weighted by Crippen LogP contribution is 2.29. The molecule has 2 heterocycles. The first-order valence-corrected chi connectivity index (χ1v) is 6.42. The summed E-state index contributed by atoms with van der Waals surface area (Å²) in [6, 6.07) is 2.29. The van der Waals surface area contributed by atoms with Crippen molar-refractivity contribution in [1.29, 1.82) is 0 Å². The fraction of sp³-hybridized carbons (Fsp3) is 0.667. The SMILES string of the molecule is CCC1(Cc2ccsc2C)CCCN1. The topological polar surface area (TPSA) is 12.0 Å². The van der Waals surface area contributed by atoms with Crippen molar-refractivity contribution in [3.05, 3.63) is 21.9 Å². The molecule has 0 radical (unpaired) electrons. The molecule has 1 N–H and O–H groups in total. The maximum absolute atomic E-state index is 3.69. The summed E-state index contributed by atoms with van der Waals surface area (Å²) in [4.78, 5) is 1.49. The standard InChI is InChI=1S/C12H19NS/c1-3-12(6-4-7-13-12)9-11-5-8-14-10(11)2/h5,8,13H,3-4,6-7,9H2,1-2H3. The zero-order valence-electron chi connectivity index (χ0n) is 9.10. The van der Waals surface area contributed by atoms with Crippen LogP contribution in [0.25, 0.3) is 0 Å². The van der Waals surface area contributed by atoms with Crippen molar-refractivity contribution >= 4 is 11.3 Å². The molecule has 1 saturated heterocycles. The molecule has 0 spiro atoms. The zero-order chi connectivity index (χ0) is 10.0. The molecule has 1 fully saturated rings. The predicted molar refractivity (Wildman–Crippen MR) is 63.0 cm³/mol. The summed E-state index contributed by atoms with van der Waals surface area (Å²) < 4.78 is 0. The summed E-state index contributed by atoms with van der Waals surface area (Å²) in [6.07, 6.45) is 5.16. The molecule has 0 bridgehead atoms. The number of hydrogen-bond acceptors (Lipinski definition) is 2. The van der Waals surface area contributed by atoms with Crippen LogP contribution in [0.15, 0.2) is 11.4 Å². The van der Waals surface area contributed by atoms with Gasteiger partial charge in [0, 0.05) is 10.4 Å². The van der Waals surface area contributed by atoms with E-state index in [0.29, 0.717) is 5.54 Å². The number of hydrogen-bond donors (Lipinski definition) is 1. The first-order chi connectivity index (χ1) is 6.76. The van der Waals surface area contributed by atoms with Crippen LogP contribution in [0.2, 0.25) is 0 Å². The smallest absolute Gasteiger partial charge is 0.0220 e. The minimum Gasteiger partial charge on any atom is -0.311 e. The van der Waals surface area contributed by atoms with Crippen molar-refractivity contribution in [2.24, 2.45) is 0 Å². The van der Waals surface area contributed by atoms with Gasteiger partial charge in [-0.2, -0.15) is 0 Å². The Hall–Kier alpha value is -0.340. The molecule has 78 valence electrons. The van der Waals surface area contributed by atoms with Gasteiger partial charge < -0.3 is 5.32 Å². The van der Waals surface area contributed by atoms with E-state index in [0.717, 1.165) is 0 Å². The summed E-state index contributed by atoms with van der Waals surface area (Å²) in [5, 5.41) is 5.90. The third-order valence-corrected chi connectivity index (χ3v) is 4.39. The van der Waals surface area contributed by atoms with Crippen LogP contribution in [0.1, 0.15) is 36.6 Å². The first kappa shape index (κ1) is 10.2. The average molecular weight is 209 g/mol. The van der Waals surface area contributed by atoms with Gasteiger partial charge in [0.25, 0.3) is 0 Å². The van der Waals surface area contributed by atoms with E-state index in [9.17, 15) is 0 Å². The molecule has 1 aliphatic rings. The number of thiophene rings is 1. The molecule has 1 nitrogen and oxygen atoms in total. The zero-order valence-corrected chi connectivity index (χ0v) is 9.91. The fourth-order valence-electron chi connectivity index (χ4n) is 2.41. The number of nitrogens with one attached hydrogen (secondary N) is 1. The average Bonchev–Trinajstić information content (AvgIpc) is 2.79. The second kappa shape index (κ2) is 4.03. The van der Waals surface area contributed by atoms with Gasteiger partial charge in [0.2, 0.25) is 0 Å². The lowest BCUT2D eigenvalue weighted by atomic mass is 9.87. The van der Waals surface area contributed by atoms with E-state index in [1.807, 2.05) is 11.3 Å². The summed E-state index contributed by atoms with van der Waals surface area (Å²) in [5.74, 6) is 0. The summed E-state index contributed by atoms with van der Waals surface area (Å²) >= 11 is 1.87. The first-order valence-electron chi connectivity index (χ1n) is 5.54. The molecule has 1 aromatic heterocycles. The molecule has 0 amide bonds. The highest BCUT2D eigenvalue weighted by Gasteiger charge is 2.31. The molecule has 14 heavy (non-hydrogen) atoms. The van der Waals surface area contributed by atoms with Crippen LogP contribution < -0.4 is 5.32 Å². The van der Waals surface area contributed by atoms with Crippen molar-refractivity contribution in [3.63, 3.8) is 0 Å². The largest absolute Gasteiger partial charge is 0.311 e. The van der Waals surface area contributed by atoms with Crippen LogP contribution in [-0.2, 0) is 6.42 Å². The maximum Gasteiger partial charge on any atom is 0.0220 e. The van der Waals surface area contributed by atoms with E-state index in [1.165, 1.54) is 37.1 Å². The van der Waals surface area contributed by atoms with Crippen LogP contribution >= 0.6 is 11.3 Å². The van der Waals surface area contributed by atoms with E-state index in [-0.39, 0.29) is 0 Å². The molecule has 1 aromatic rings. The van der Waals surface area contributed by atoms with Crippen LogP contribution in [-0.4, -0.2) is 12.1 Å². The Morgan fingerprint density at radius 1 is 1.57 bits per heavy atom. The van der Waals surface area contributed by atoms with Gasteiger partial charge in [-0.3, -0.25) is 0 Å². The molecule has 1 atom stereocenters. The quantitative estimate of drug-likeness (QED) is 0.806.